The third-order valence-electron chi connectivity index (χ3n) is 1.76. The molecule has 80 valence electrons. The summed E-state index contributed by atoms with van der Waals surface area (Å²) in [6.45, 7) is 3.92. The maximum Gasteiger partial charge on any atom is 0.153 e. The highest BCUT2D eigenvalue weighted by Crippen LogP contribution is 2.30. The monoisotopic (exact) mass is 259 g/mol. The lowest BCUT2D eigenvalue weighted by Gasteiger charge is -1.94. The molecular weight excluding hydrogens is 250 g/mol. The number of hydrogen-bond acceptors (Lipinski definition) is 5. The summed E-state index contributed by atoms with van der Waals surface area (Å²) in [7, 11) is 0. The Bertz CT molecular complexity index is 438. The first-order valence-electron chi connectivity index (χ1n) is 4.56. The smallest absolute Gasteiger partial charge is 0.153 e. The second-order valence-corrected chi connectivity index (χ2v) is 5.66. The van der Waals surface area contributed by atoms with Crippen LogP contribution in [0.2, 0.25) is 4.34 Å². The Morgan fingerprint density at radius 3 is 2.67 bits per heavy atom. The fourth-order valence-corrected chi connectivity index (χ4v) is 2.92. The van der Waals surface area contributed by atoms with E-state index in [1.165, 1.54) is 16.2 Å². The van der Waals surface area contributed by atoms with Gasteiger partial charge in [-0.2, -0.15) is 0 Å². The first kappa shape index (κ1) is 11.0. The van der Waals surface area contributed by atoms with Crippen molar-refractivity contribution in [1.82, 2.24) is 15.3 Å². The van der Waals surface area contributed by atoms with E-state index in [2.05, 4.69) is 22.2 Å². The van der Waals surface area contributed by atoms with Gasteiger partial charge >= 0.3 is 0 Å². The molecule has 2 heterocycles. The van der Waals surface area contributed by atoms with Gasteiger partial charge in [0.05, 0.1) is 6.20 Å². The molecule has 0 atom stereocenters. The van der Waals surface area contributed by atoms with Gasteiger partial charge in [-0.1, -0.05) is 29.9 Å². The van der Waals surface area contributed by atoms with E-state index in [-0.39, 0.29) is 0 Å². The lowest BCUT2D eigenvalue weighted by Crippen LogP contribution is -2.10. The van der Waals surface area contributed by atoms with Crippen molar-refractivity contribution in [2.45, 2.75) is 13.5 Å². The van der Waals surface area contributed by atoms with E-state index in [4.69, 9.17) is 11.6 Å². The van der Waals surface area contributed by atoms with E-state index in [0.717, 1.165) is 23.1 Å². The van der Waals surface area contributed by atoms with Gasteiger partial charge in [-0.25, -0.2) is 9.97 Å². The lowest BCUT2D eigenvalue weighted by atomic mass is 10.5. The first-order valence-corrected chi connectivity index (χ1v) is 6.58. The van der Waals surface area contributed by atoms with Crippen molar-refractivity contribution in [1.29, 1.82) is 0 Å². The van der Waals surface area contributed by atoms with Gasteiger partial charge in [0.2, 0.25) is 0 Å². The molecule has 2 rings (SSSR count). The van der Waals surface area contributed by atoms with Crippen molar-refractivity contribution in [3.05, 3.63) is 21.6 Å². The number of thiazole rings is 2. The van der Waals surface area contributed by atoms with E-state index in [9.17, 15) is 0 Å². The minimum absolute atomic E-state index is 0.702. The summed E-state index contributed by atoms with van der Waals surface area (Å²) in [5.41, 5.74) is 0. The molecule has 0 amide bonds. The number of halogens is 1. The zero-order valence-corrected chi connectivity index (χ0v) is 10.5. The molecule has 0 spiro atoms. The number of hydrogen-bond donors (Lipinski definition) is 1. The zero-order valence-electron chi connectivity index (χ0n) is 8.16. The summed E-state index contributed by atoms with van der Waals surface area (Å²) in [5.74, 6) is 0. The van der Waals surface area contributed by atoms with E-state index in [1.54, 1.807) is 17.5 Å². The molecule has 6 heteroatoms. The maximum absolute atomic E-state index is 5.82. The second-order valence-electron chi connectivity index (χ2n) is 2.88. The zero-order chi connectivity index (χ0) is 10.7. The Balaban J connectivity index is 2.13. The molecule has 0 aromatic carbocycles. The molecule has 0 fully saturated rings. The first-order chi connectivity index (χ1) is 7.29. The highest BCUT2D eigenvalue weighted by atomic mass is 35.5. The molecule has 0 aliphatic rings. The summed E-state index contributed by atoms with van der Waals surface area (Å²) in [4.78, 5) is 9.73. The van der Waals surface area contributed by atoms with Gasteiger partial charge in [0.1, 0.15) is 4.34 Å². The van der Waals surface area contributed by atoms with Gasteiger partial charge in [-0.05, 0) is 6.54 Å². The molecular formula is C9H10ClN3S2. The van der Waals surface area contributed by atoms with Gasteiger partial charge in [-0.15, -0.1) is 11.3 Å². The summed E-state index contributed by atoms with van der Waals surface area (Å²) >= 11 is 8.94. The third-order valence-corrected chi connectivity index (χ3v) is 4.02. The van der Waals surface area contributed by atoms with Crippen LogP contribution in [0.3, 0.4) is 0 Å². The largest absolute Gasteiger partial charge is 0.312 e. The van der Waals surface area contributed by atoms with Crippen LogP contribution in [-0.2, 0) is 6.54 Å². The van der Waals surface area contributed by atoms with Crippen molar-refractivity contribution in [2.24, 2.45) is 0 Å². The van der Waals surface area contributed by atoms with Crippen LogP contribution in [0.5, 0.6) is 0 Å². The SMILES string of the molecule is CCNCc1cnc(-c2ncc(Cl)s2)s1. The van der Waals surface area contributed by atoms with Gasteiger partial charge in [0.25, 0.3) is 0 Å². The summed E-state index contributed by atoms with van der Waals surface area (Å²) in [6.07, 6.45) is 3.55. The number of nitrogens with zero attached hydrogens (tertiary/aromatic N) is 2. The van der Waals surface area contributed by atoms with Crippen LogP contribution in [0.1, 0.15) is 11.8 Å². The summed E-state index contributed by atoms with van der Waals surface area (Å²) < 4.78 is 0.702. The highest BCUT2D eigenvalue weighted by molar-refractivity contribution is 7.23. The van der Waals surface area contributed by atoms with E-state index in [1.807, 2.05) is 6.20 Å². The minimum atomic E-state index is 0.702. The molecule has 0 unspecified atom stereocenters. The van der Waals surface area contributed by atoms with Crippen LogP contribution >= 0.6 is 34.3 Å². The molecule has 3 nitrogen and oxygen atoms in total. The molecule has 2 aromatic heterocycles. The standard InChI is InChI=1S/C9H10ClN3S2/c1-2-11-3-6-4-12-8(14-6)9-13-5-7(10)15-9/h4-5,11H,2-3H2,1H3. The van der Waals surface area contributed by atoms with Crippen LogP contribution in [0.4, 0.5) is 0 Å². The average Bonchev–Trinajstić information content (AvgIpc) is 2.83. The fourth-order valence-electron chi connectivity index (χ4n) is 1.09. The second kappa shape index (κ2) is 5.03. The van der Waals surface area contributed by atoms with Crippen LogP contribution in [0.15, 0.2) is 12.4 Å². The fraction of sp³-hybridized carbons (Fsp3) is 0.333. The van der Waals surface area contributed by atoms with Crippen molar-refractivity contribution >= 4 is 34.3 Å². The molecule has 0 aliphatic heterocycles. The Morgan fingerprint density at radius 2 is 2.00 bits per heavy atom. The number of aromatic nitrogens is 2. The molecule has 0 aliphatic carbocycles. The molecule has 15 heavy (non-hydrogen) atoms. The normalized spacial score (nSPS) is 10.8. The predicted octanol–water partition coefficient (Wildman–Crippen LogP) is 3.03. The highest BCUT2D eigenvalue weighted by Gasteiger charge is 2.08. The van der Waals surface area contributed by atoms with Gasteiger partial charge in [0, 0.05) is 17.6 Å². The molecule has 0 radical (unpaired) electrons. The molecule has 0 saturated carbocycles. The van der Waals surface area contributed by atoms with Gasteiger partial charge in [-0.3, -0.25) is 0 Å². The van der Waals surface area contributed by atoms with Crippen molar-refractivity contribution < 1.29 is 0 Å². The van der Waals surface area contributed by atoms with Crippen LogP contribution < -0.4 is 5.32 Å². The minimum Gasteiger partial charge on any atom is -0.312 e. The van der Waals surface area contributed by atoms with Crippen molar-refractivity contribution in [2.75, 3.05) is 6.54 Å². The number of nitrogens with one attached hydrogen (secondary N) is 1. The summed E-state index contributed by atoms with van der Waals surface area (Å²) in [5, 5.41) is 5.10. The molecule has 0 bridgehead atoms. The van der Waals surface area contributed by atoms with E-state index < -0.39 is 0 Å². The Morgan fingerprint density at radius 1 is 1.27 bits per heavy atom. The van der Waals surface area contributed by atoms with Crippen LogP contribution in [-0.4, -0.2) is 16.5 Å². The molecule has 1 N–H and O–H groups in total. The Kier molecular flexibility index (Phi) is 3.69. The van der Waals surface area contributed by atoms with Crippen LogP contribution in [0.25, 0.3) is 10.0 Å². The third kappa shape index (κ3) is 2.75. The predicted molar refractivity (Wildman–Crippen MR) is 65.6 cm³/mol. The Labute approximate surface area is 101 Å². The van der Waals surface area contributed by atoms with E-state index in [0.29, 0.717) is 4.34 Å². The van der Waals surface area contributed by atoms with Crippen molar-refractivity contribution in [3.8, 4) is 10.0 Å². The van der Waals surface area contributed by atoms with Crippen LogP contribution in [0, 0.1) is 0 Å². The average molecular weight is 260 g/mol. The number of rotatable bonds is 4. The summed E-state index contributed by atoms with van der Waals surface area (Å²) in [6, 6.07) is 0. The van der Waals surface area contributed by atoms with Crippen molar-refractivity contribution in [3.63, 3.8) is 0 Å². The Hall–Kier alpha value is -0.490. The topological polar surface area (TPSA) is 37.8 Å². The molecule has 0 saturated heterocycles. The maximum atomic E-state index is 5.82. The van der Waals surface area contributed by atoms with E-state index >= 15 is 0 Å². The lowest BCUT2D eigenvalue weighted by molar-refractivity contribution is 0.734. The molecule has 2 aromatic rings. The quantitative estimate of drug-likeness (QED) is 0.917. The van der Waals surface area contributed by atoms with Gasteiger partial charge < -0.3 is 5.32 Å². The van der Waals surface area contributed by atoms with Gasteiger partial charge in [0.15, 0.2) is 10.0 Å².